The molecule has 4 aromatic rings. The van der Waals surface area contributed by atoms with E-state index >= 15 is 0 Å². The first-order valence-corrected chi connectivity index (χ1v) is 11.3. The van der Waals surface area contributed by atoms with Gasteiger partial charge in [0.15, 0.2) is 5.65 Å². The van der Waals surface area contributed by atoms with Crippen molar-refractivity contribution >= 4 is 22.9 Å². The molecule has 0 bridgehead atoms. The van der Waals surface area contributed by atoms with Crippen LogP contribution in [0.15, 0.2) is 42.9 Å². The van der Waals surface area contributed by atoms with Crippen LogP contribution in [0.3, 0.4) is 0 Å². The number of aromatic nitrogens is 6. The number of nitrogens with zero attached hydrogens (tertiary/aromatic N) is 7. The van der Waals surface area contributed by atoms with Crippen molar-refractivity contribution in [3.8, 4) is 11.4 Å². The van der Waals surface area contributed by atoms with Crippen LogP contribution >= 0.6 is 0 Å². The Kier molecular flexibility index (Phi) is 5.32. The van der Waals surface area contributed by atoms with E-state index in [-0.39, 0.29) is 5.91 Å². The van der Waals surface area contributed by atoms with Gasteiger partial charge in [0.2, 0.25) is 0 Å². The summed E-state index contributed by atoms with van der Waals surface area (Å²) in [5.41, 5.74) is 3.64. The van der Waals surface area contributed by atoms with Crippen LogP contribution in [0.25, 0.3) is 22.6 Å². The molecule has 1 fully saturated rings. The number of hydrogen-bond acceptors (Lipinski definition) is 6. The highest BCUT2D eigenvalue weighted by atomic mass is 16.1. The Morgan fingerprint density at radius 1 is 1.12 bits per heavy atom. The SMILES string of the molecule is CNC(=O)c1cnc2c(c1)nc(-c1ccc(N3[C@@H](C)CC[C@@H]3C)nc1)n2Cc1ccn(C)n1. The van der Waals surface area contributed by atoms with Gasteiger partial charge < -0.3 is 14.8 Å². The normalized spacial score (nSPS) is 18.2. The van der Waals surface area contributed by atoms with E-state index in [9.17, 15) is 4.79 Å². The second-order valence-corrected chi connectivity index (χ2v) is 8.74. The maximum absolute atomic E-state index is 12.1. The van der Waals surface area contributed by atoms with Crippen molar-refractivity contribution in [2.24, 2.45) is 7.05 Å². The lowest BCUT2D eigenvalue weighted by Crippen LogP contribution is -2.33. The number of hydrogen-bond donors (Lipinski definition) is 1. The Balaban J connectivity index is 1.58. The third-order valence-corrected chi connectivity index (χ3v) is 6.39. The van der Waals surface area contributed by atoms with Gasteiger partial charge in [-0.2, -0.15) is 5.10 Å². The second kappa shape index (κ2) is 8.31. The molecule has 5 rings (SSSR count). The van der Waals surface area contributed by atoms with Crippen molar-refractivity contribution in [1.29, 1.82) is 0 Å². The van der Waals surface area contributed by atoms with Gasteiger partial charge in [0.25, 0.3) is 5.91 Å². The van der Waals surface area contributed by atoms with Gasteiger partial charge in [-0.1, -0.05) is 0 Å². The molecule has 1 N–H and O–H groups in total. The van der Waals surface area contributed by atoms with Crippen LogP contribution in [0.4, 0.5) is 5.82 Å². The Morgan fingerprint density at radius 2 is 1.91 bits per heavy atom. The van der Waals surface area contributed by atoms with Crippen molar-refractivity contribution in [3.63, 3.8) is 0 Å². The topological polar surface area (TPSA) is 93.8 Å². The summed E-state index contributed by atoms with van der Waals surface area (Å²) in [7, 11) is 3.50. The predicted molar refractivity (Wildman–Crippen MR) is 127 cm³/mol. The van der Waals surface area contributed by atoms with Gasteiger partial charge in [-0.05, 0) is 51.0 Å². The zero-order valence-electron chi connectivity index (χ0n) is 19.4. The Bertz CT molecular complexity index is 1300. The number of carbonyl (C=O) groups excluding carboxylic acids is 1. The zero-order chi connectivity index (χ0) is 23.1. The maximum Gasteiger partial charge on any atom is 0.252 e. The van der Waals surface area contributed by atoms with E-state index in [2.05, 4.69) is 46.3 Å². The van der Waals surface area contributed by atoms with Crippen molar-refractivity contribution in [2.45, 2.75) is 45.3 Å². The summed E-state index contributed by atoms with van der Waals surface area (Å²) in [6.45, 7) is 5.02. The van der Waals surface area contributed by atoms with Crippen LogP contribution < -0.4 is 10.2 Å². The number of carbonyl (C=O) groups is 1. The van der Waals surface area contributed by atoms with Gasteiger partial charge in [-0.3, -0.25) is 9.48 Å². The molecule has 1 aliphatic rings. The first-order chi connectivity index (χ1) is 15.9. The molecule has 0 aliphatic carbocycles. The molecule has 0 radical (unpaired) electrons. The predicted octanol–water partition coefficient (Wildman–Crippen LogP) is 3.01. The average Bonchev–Trinajstić information content (AvgIpc) is 3.50. The molecule has 5 heterocycles. The number of pyridine rings is 2. The summed E-state index contributed by atoms with van der Waals surface area (Å²) in [4.78, 5) is 28.7. The number of fused-ring (bicyclic) bond motifs is 1. The molecule has 2 atom stereocenters. The summed E-state index contributed by atoms with van der Waals surface area (Å²) in [5.74, 6) is 1.55. The standard InChI is InChI=1S/C24H28N8O/c1-15-5-6-16(2)32(15)21-8-7-17(12-26-21)22-28-20-11-18(24(33)25-3)13-27-23(20)31(22)14-19-9-10-30(4)29-19/h7-13,15-16H,5-6,14H2,1-4H3,(H,25,33)/t15-,16-/m0/s1. The Morgan fingerprint density at radius 3 is 2.55 bits per heavy atom. The summed E-state index contributed by atoms with van der Waals surface area (Å²) >= 11 is 0. The van der Waals surface area contributed by atoms with Gasteiger partial charge in [0.1, 0.15) is 17.2 Å². The number of rotatable bonds is 5. The number of amides is 1. The van der Waals surface area contributed by atoms with Crippen LogP contribution in [-0.4, -0.2) is 54.3 Å². The fourth-order valence-electron chi connectivity index (χ4n) is 4.68. The van der Waals surface area contributed by atoms with E-state index in [1.54, 1.807) is 24.0 Å². The summed E-state index contributed by atoms with van der Waals surface area (Å²) in [6.07, 6.45) is 7.75. The van der Waals surface area contributed by atoms with Crippen molar-refractivity contribution in [3.05, 3.63) is 54.1 Å². The molecule has 4 aromatic heterocycles. The van der Waals surface area contributed by atoms with Crippen LogP contribution in [-0.2, 0) is 13.6 Å². The fraction of sp³-hybridized carbons (Fsp3) is 0.375. The first kappa shape index (κ1) is 21.1. The minimum atomic E-state index is -0.190. The van der Waals surface area contributed by atoms with Crippen LogP contribution in [0.2, 0.25) is 0 Å². The van der Waals surface area contributed by atoms with E-state index < -0.39 is 0 Å². The number of anilines is 1. The van der Waals surface area contributed by atoms with Gasteiger partial charge in [-0.15, -0.1) is 0 Å². The molecule has 0 spiro atoms. The lowest BCUT2D eigenvalue weighted by atomic mass is 10.2. The van der Waals surface area contributed by atoms with E-state index in [1.807, 2.05) is 30.1 Å². The molecule has 0 saturated carbocycles. The minimum Gasteiger partial charge on any atom is -0.355 e. The first-order valence-electron chi connectivity index (χ1n) is 11.3. The third kappa shape index (κ3) is 3.83. The molecule has 0 aromatic carbocycles. The number of nitrogens with one attached hydrogen (secondary N) is 1. The molecule has 170 valence electrons. The molecule has 1 saturated heterocycles. The van der Waals surface area contributed by atoms with Crippen LogP contribution in [0, 0.1) is 0 Å². The summed E-state index contributed by atoms with van der Waals surface area (Å²) in [5, 5.41) is 7.16. The highest BCUT2D eigenvalue weighted by molar-refractivity contribution is 5.96. The highest BCUT2D eigenvalue weighted by Crippen LogP contribution is 2.31. The third-order valence-electron chi connectivity index (χ3n) is 6.39. The number of aryl methyl sites for hydroxylation is 1. The molecular weight excluding hydrogens is 416 g/mol. The summed E-state index contributed by atoms with van der Waals surface area (Å²) < 4.78 is 3.81. The highest BCUT2D eigenvalue weighted by Gasteiger charge is 2.28. The Hall–Kier alpha value is -3.75. The smallest absolute Gasteiger partial charge is 0.252 e. The van der Waals surface area contributed by atoms with Gasteiger partial charge in [0.05, 0.1) is 17.8 Å². The van der Waals surface area contributed by atoms with Crippen LogP contribution in [0.5, 0.6) is 0 Å². The lowest BCUT2D eigenvalue weighted by Gasteiger charge is -2.27. The largest absolute Gasteiger partial charge is 0.355 e. The zero-order valence-corrected chi connectivity index (χ0v) is 19.4. The quantitative estimate of drug-likeness (QED) is 0.509. The molecular formula is C24H28N8O. The molecule has 1 aliphatic heterocycles. The van der Waals surface area contributed by atoms with E-state index in [0.717, 1.165) is 22.9 Å². The van der Waals surface area contributed by atoms with Gasteiger partial charge in [0, 0.05) is 50.3 Å². The maximum atomic E-state index is 12.1. The van der Waals surface area contributed by atoms with Crippen molar-refractivity contribution < 1.29 is 4.79 Å². The Labute approximate surface area is 192 Å². The molecule has 0 unspecified atom stereocenters. The van der Waals surface area contributed by atoms with Gasteiger partial charge >= 0.3 is 0 Å². The molecule has 33 heavy (non-hydrogen) atoms. The molecule has 9 heteroatoms. The fourth-order valence-corrected chi connectivity index (χ4v) is 4.68. The summed E-state index contributed by atoms with van der Waals surface area (Å²) in [6, 6.07) is 8.86. The molecule has 9 nitrogen and oxygen atoms in total. The monoisotopic (exact) mass is 444 g/mol. The molecule has 1 amide bonds. The number of imidazole rings is 1. The second-order valence-electron chi connectivity index (χ2n) is 8.74. The van der Waals surface area contributed by atoms with Crippen LogP contribution in [0.1, 0.15) is 42.7 Å². The van der Waals surface area contributed by atoms with Crippen molar-refractivity contribution in [1.82, 2.24) is 34.6 Å². The van der Waals surface area contributed by atoms with Gasteiger partial charge in [-0.25, -0.2) is 15.0 Å². The minimum absolute atomic E-state index is 0.190. The van der Waals surface area contributed by atoms with E-state index in [4.69, 9.17) is 9.97 Å². The van der Waals surface area contributed by atoms with E-state index in [1.165, 1.54) is 12.8 Å². The van der Waals surface area contributed by atoms with Crippen molar-refractivity contribution in [2.75, 3.05) is 11.9 Å². The van der Waals surface area contributed by atoms with E-state index in [0.29, 0.717) is 35.4 Å². The lowest BCUT2D eigenvalue weighted by molar-refractivity contribution is 0.0963. The average molecular weight is 445 g/mol.